The monoisotopic (exact) mass is 392 g/mol. The Balaban J connectivity index is 1.95. The summed E-state index contributed by atoms with van der Waals surface area (Å²) in [6, 6.07) is 4.92. The molecule has 152 valence electrons. The number of unbranched alkanes of at least 4 members (excludes halogenated alkanes) is 1. The topological polar surface area (TPSA) is 108 Å². The lowest BCUT2D eigenvalue weighted by molar-refractivity contribution is -0.118. The van der Waals surface area contributed by atoms with Gasteiger partial charge in [-0.25, -0.2) is 9.59 Å². The average Bonchev–Trinajstić information content (AvgIpc) is 2.68. The minimum Gasteiger partial charge on any atom is -0.535 e. The number of ketones is 1. The molecule has 28 heavy (non-hydrogen) atoms. The third kappa shape index (κ3) is 5.98. The summed E-state index contributed by atoms with van der Waals surface area (Å²) >= 11 is 0. The molecule has 1 aromatic carbocycles. The molecule has 0 radical (unpaired) electrons. The predicted molar refractivity (Wildman–Crippen MR) is 100 cm³/mol. The smallest absolute Gasteiger partial charge is 0.526 e. The van der Waals surface area contributed by atoms with Gasteiger partial charge in [-0.05, 0) is 24.5 Å². The van der Waals surface area contributed by atoms with Crippen LogP contribution in [0.4, 0.5) is 4.79 Å². The quantitative estimate of drug-likeness (QED) is 0.296. The zero-order valence-electron chi connectivity index (χ0n) is 16.1. The van der Waals surface area contributed by atoms with Crippen LogP contribution in [-0.4, -0.2) is 43.5 Å². The molecule has 0 saturated heterocycles. The van der Waals surface area contributed by atoms with E-state index in [1.807, 2.05) is 6.92 Å². The van der Waals surface area contributed by atoms with Gasteiger partial charge in [0.05, 0.1) is 6.61 Å². The molecule has 0 saturated carbocycles. The van der Waals surface area contributed by atoms with E-state index in [1.54, 1.807) is 19.1 Å². The number of benzene rings is 1. The third-order valence-corrected chi connectivity index (χ3v) is 4.41. The molecular formula is C19H25BO8. The Bertz CT molecular complexity index is 705. The molecule has 0 bridgehead atoms. The van der Waals surface area contributed by atoms with Crippen molar-refractivity contribution in [2.24, 2.45) is 0 Å². The van der Waals surface area contributed by atoms with Crippen LogP contribution in [0, 0.1) is 0 Å². The van der Waals surface area contributed by atoms with Gasteiger partial charge in [0.15, 0.2) is 0 Å². The standard InChI is InChI=1S/C19H25BO8/c1-3-5-9-25-19(23)27-12-26-18(22)16-8-6-7-13-10-14(11-15(21)4-2)20(24)28-17(13)16/h6-8,14,24H,3-5,9-12H2,1-2H3/t14-/m1/s1. The van der Waals surface area contributed by atoms with Crippen LogP contribution in [0.25, 0.3) is 0 Å². The maximum atomic E-state index is 12.3. The molecular weight excluding hydrogens is 367 g/mol. The van der Waals surface area contributed by atoms with Gasteiger partial charge in [-0.2, -0.15) is 0 Å². The first kappa shape index (κ1) is 21.8. The van der Waals surface area contributed by atoms with Crippen molar-refractivity contribution in [2.75, 3.05) is 13.4 Å². The Morgan fingerprint density at radius 1 is 1.21 bits per heavy atom. The van der Waals surface area contributed by atoms with E-state index < -0.39 is 26.0 Å². The van der Waals surface area contributed by atoms with Gasteiger partial charge in [-0.1, -0.05) is 32.4 Å². The molecule has 2 rings (SSSR count). The lowest BCUT2D eigenvalue weighted by Gasteiger charge is -2.28. The van der Waals surface area contributed by atoms with E-state index in [-0.39, 0.29) is 35.9 Å². The molecule has 1 N–H and O–H groups in total. The number of Topliss-reactive ketones (excluding diaryl/α,β-unsaturated/α-hetero) is 1. The summed E-state index contributed by atoms with van der Waals surface area (Å²) in [5, 5.41) is 10.2. The van der Waals surface area contributed by atoms with Gasteiger partial charge in [0.25, 0.3) is 0 Å². The van der Waals surface area contributed by atoms with Crippen molar-refractivity contribution in [1.29, 1.82) is 0 Å². The molecule has 0 spiro atoms. The fourth-order valence-electron chi connectivity index (χ4n) is 2.81. The molecule has 0 aliphatic carbocycles. The molecule has 0 aromatic heterocycles. The fraction of sp³-hybridized carbons (Fsp3) is 0.526. The number of hydrogen-bond donors (Lipinski definition) is 1. The molecule has 0 amide bonds. The summed E-state index contributed by atoms with van der Waals surface area (Å²) < 4.78 is 19.9. The zero-order chi connectivity index (χ0) is 20.5. The Hall–Kier alpha value is -2.55. The Morgan fingerprint density at radius 2 is 2.00 bits per heavy atom. The van der Waals surface area contributed by atoms with Gasteiger partial charge in [0.1, 0.15) is 17.1 Å². The van der Waals surface area contributed by atoms with Gasteiger partial charge in [0.2, 0.25) is 6.79 Å². The van der Waals surface area contributed by atoms with Crippen molar-refractivity contribution in [3.63, 3.8) is 0 Å². The zero-order valence-corrected chi connectivity index (χ0v) is 16.1. The minimum atomic E-state index is -1.19. The molecule has 8 nitrogen and oxygen atoms in total. The Labute approximate surface area is 164 Å². The number of hydrogen-bond acceptors (Lipinski definition) is 8. The van der Waals surface area contributed by atoms with Crippen LogP contribution >= 0.6 is 0 Å². The van der Waals surface area contributed by atoms with E-state index in [1.165, 1.54) is 6.07 Å². The number of rotatable bonds is 9. The summed E-state index contributed by atoms with van der Waals surface area (Å²) in [4.78, 5) is 35.3. The highest BCUT2D eigenvalue weighted by Crippen LogP contribution is 2.36. The van der Waals surface area contributed by atoms with Crippen molar-refractivity contribution < 1.29 is 38.3 Å². The number of esters is 1. The average molecular weight is 392 g/mol. The SMILES string of the molecule is CCCCOC(=O)OCOC(=O)c1cccc2c1OB(O)[C@@H](CC(=O)CC)C2. The highest BCUT2D eigenvalue weighted by Gasteiger charge is 2.37. The molecule has 0 unspecified atom stereocenters. The summed E-state index contributed by atoms with van der Waals surface area (Å²) in [6.07, 6.45) is 1.69. The van der Waals surface area contributed by atoms with Crippen molar-refractivity contribution in [3.8, 4) is 5.75 Å². The van der Waals surface area contributed by atoms with E-state index in [0.29, 0.717) is 18.4 Å². The van der Waals surface area contributed by atoms with Gasteiger partial charge < -0.3 is 23.9 Å². The molecule has 0 fully saturated rings. The second-order valence-electron chi connectivity index (χ2n) is 6.51. The fourth-order valence-corrected chi connectivity index (χ4v) is 2.81. The Kier molecular flexibility index (Phi) is 8.31. The normalized spacial score (nSPS) is 15.2. The summed E-state index contributed by atoms with van der Waals surface area (Å²) in [6.45, 7) is 3.37. The van der Waals surface area contributed by atoms with Crippen molar-refractivity contribution in [1.82, 2.24) is 0 Å². The van der Waals surface area contributed by atoms with Crippen LogP contribution in [0.2, 0.25) is 5.82 Å². The van der Waals surface area contributed by atoms with Crippen LogP contribution in [-0.2, 0) is 25.4 Å². The first-order valence-electron chi connectivity index (χ1n) is 9.41. The maximum Gasteiger partial charge on any atom is 0.526 e. The van der Waals surface area contributed by atoms with Crippen LogP contribution in [0.3, 0.4) is 0 Å². The largest absolute Gasteiger partial charge is 0.535 e. The van der Waals surface area contributed by atoms with E-state index in [2.05, 4.69) is 4.74 Å². The summed E-state index contributed by atoms with van der Waals surface area (Å²) in [5.74, 6) is -0.874. The van der Waals surface area contributed by atoms with Gasteiger partial charge >= 0.3 is 19.2 Å². The third-order valence-electron chi connectivity index (χ3n) is 4.41. The first-order chi connectivity index (χ1) is 13.5. The summed E-state index contributed by atoms with van der Waals surface area (Å²) in [7, 11) is -1.19. The molecule has 1 aliphatic heterocycles. The lowest BCUT2D eigenvalue weighted by atomic mass is 9.64. The summed E-state index contributed by atoms with van der Waals surface area (Å²) in [5.41, 5.74) is 0.813. The lowest BCUT2D eigenvalue weighted by Crippen LogP contribution is -2.35. The maximum absolute atomic E-state index is 12.3. The van der Waals surface area contributed by atoms with Crippen LogP contribution in [0.15, 0.2) is 18.2 Å². The highest BCUT2D eigenvalue weighted by molar-refractivity contribution is 6.47. The number of ether oxygens (including phenoxy) is 3. The van der Waals surface area contributed by atoms with Crippen molar-refractivity contribution in [3.05, 3.63) is 29.3 Å². The van der Waals surface area contributed by atoms with Crippen molar-refractivity contribution in [2.45, 2.75) is 51.8 Å². The van der Waals surface area contributed by atoms with E-state index >= 15 is 0 Å². The first-order valence-corrected chi connectivity index (χ1v) is 9.41. The van der Waals surface area contributed by atoms with Crippen molar-refractivity contribution >= 4 is 25.0 Å². The van der Waals surface area contributed by atoms with E-state index in [0.717, 1.165) is 12.8 Å². The Morgan fingerprint density at radius 3 is 2.71 bits per heavy atom. The van der Waals surface area contributed by atoms with E-state index in [9.17, 15) is 19.4 Å². The second-order valence-corrected chi connectivity index (χ2v) is 6.51. The number of carbonyl (C=O) groups excluding carboxylic acids is 3. The number of carbonyl (C=O) groups is 3. The predicted octanol–water partition coefficient (Wildman–Crippen LogP) is 2.91. The molecule has 1 aliphatic rings. The minimum absolute atomic E-state index is 0.0367. The van der Waals surface area contributed by atoms with Crippen LogP contribution in [0.1, 0.15) is 55.5 Å². The molecule has 1 atom stereocenters. The van der Waals surface area contributed by atoms with Gasteiger partial charge in [0, 0.05) is 18.7 Å². The number of fused-ring (bicyclic) bond motifs is 1. The highest BCUT2D eigenvalue weighted by atomic mass is 16.8. The molecule has 1 aromatic rings. The van der Waals surface area contributed by atoms with E-state index in [4.69, 9.17) is 14.1 Å². The number of para-hydroxylation sites is 1. The second kappa shape index (κ2) is 10.7. The van der Waals surface area contributed by atoms with Crippen LogP contribution < -0.4 is 4.65 Å². The van der Waals surface area contributed by atoms with Gasteiger partial charge in [-0.3, -0.25) is 4.79 Å². The van der Waals surface area contributed by atoms with Gasteiger partial charge in [-0.15, -0.1) is 0 Å². The van der Waals surface area contributed by atoms with Crippen LogP contribution in [0.5, 0.6) is 5.75 Å². The molecule has 9 heteroatoms. The molecule has 1 heterocycles.